The maximum Gasteiger partial charge on any atom is 0.252 e. The van der Waals surface area contributed by atoms with Gasteiger partial charge in [-0.15, -0.1) is 0 Å². The number of nitrogens with zero attached hydrogens (tertiary/aromatic N) is 2. The zero-order valence-electron chi connectivity index (χ0n) is 17.1. The molecule has 2 aromatic carbocycles. The number of fused-ring (bicyclic) bond motifs is 1. The van der Waals surface area contributed by atoms with E-state index in [9.17, 15) is 4.79 Å². The Balaban J connectivity index is 1.77. The number of pyridine rings is 1. The molecule has 0 fully saturated rings. The van der Waals surface area contributed by atoms with Crippen molar-refractivity contribution in [2.75, 3.05) is 18.5 Å². The number of aliphatic hydroxyl groups is 1. The minimum Gasteiger partial charge on any atom is -0.491 e. The van der Waals surface area contributed by atoms with E-state index in [1.165, 1.54) is 6.20 Å². The van der Waals surface area contributed by atoms with Crippen LogP contribution in [0.3, 0.4) is 0 Å². The fraction of sp³-hybridized carbons (Fsp3) is 0.174. The first-order valence-corrected chi connectivity index (χ1v) is 9.98. The van der Waals surface area contributed by atoms with E-state index in [1.807, 2.05) is 36.4 Å². The van der Waals surface area contributed by atoms with Crippen LogP contribution in [0.25, 0.3) is 22.6 Å². The highest BCUT2D eigenvalue weighted by molar-refractivity contribution is 6.06. The lowest BCUT2D eigenvalue weighted by molar-refractivity contribution is 0.100. The number of anilines is 2. The lowest BCUT2D eigenvalue weighted by Gasteiger charge is -2.13. The summed E-state index contributed by atoms with van der Waals surface area (Å²) in [7, 11) is 0. The molecule has 0 atom stereocenters. The number of carbonyl (C=O) groups excluding carboxylic acids is 1. The van der Waals surface area contributed by atoms with Crippen LogP contribution in [0.15, 0.2) is 54.7 Å². The van der Waals surface area contributed by atoms with Crippen molar-refractivity contribution in [1.29, 1.82) is 0 Å². The van der Waals surface area contributed by atoms with Crippen molar-refractivity contribution in [2.24, 2.45) is 5.73 Å². The largest absolute Gasteiger partial charge is 0.491 e. The predicted molar refractivity (Wildman–Crippen MR) is 120 cm³/mol. The summed E-state index contributed by atoms with van der Waals surface area (Å²) >= 11 is 0. The van der Waals surface area contributed by atoms with Crippen LogP contribution >= 0.6 is 0 Å². The number of H-pyrrole nitrogens is 1. The molecule has 0 spiro atoms. The summed E-state index contributed by atoms with van der Waals surface area (Å²) in [6.45, 7) is 2.26. The monoisotopic (exact) mass is 417 g/mol. The molecule has 0 aliphatic heterocycles. The van der Waals surface area contributed by atoms with E-state index < -0.39 is 5.91 Å². The van der Waals surface area contributed by atoms with Gasteiger partial charge < -0.3 is 25.9 Å². The van der Waals surface area contributed by atoms with Gasteiger partial charge in [-0.3, -0.25) is 4.79 Å². The summed E-state index contributed by atoms with van der Waals surface area (Å²) in [5.41, 5.74) is 10.3. The number of aromatic amines is 1. The maximum absolute atomic E-state index is 12.1. The van der Waals surface area contributed by atoms with Gasteiger partial charge in [0.05, 0.1) is 17.9 Å². The molecule has 8 heteroatoms. The number of nitrogens with one attached hydrogen (secondary N) is 2. The van der Waals surface area contributed by atoms with Crippen molar-refractivity contribution in [3.63, 3.8) is 0 Å². The van der Waals surface area contributed by atoms with E-state index in [0.717, 1.165) is 23.2 Å². The normalized spacial score (nSPS) is 10.9. The number of rotatable bonds is 8. The van der Waals surface area contributed by atoms with Gasteiger partial charge in [-0.1, -0.05) is 25.1 Å². The number of hydrogen-bond donors (Lipinski definition) is 4. The summed E-state index contributed by atoms with van der Waals surface area (Å²) in [4.78, 5) is 24.3. The molecule has 0 saturated carbocycles. The minimum atomic E-state index is -0.576. The number of aliphatic hydroxyl groups excluding tert-OH is 1. The smallest absolute Gasteiger partial charge is 0.252 e. The lowest BCUT2D eigenvalue weighted by atomic mass is 10.1. The first-order valence-electron chi connectivity index (χ1n) is 9.98. The molecule has 0 saturated heterocycles. The SMILES string of the molecule is CCc1ccccc1Nc1c(C(N)=O)cnc2nc(-c3ccc(OCCO)cc3)[nH]c12. The fourth-order valence-electron chi connectivity index (χ4n) is 3.37. The summed E-state index contributed by atoms with van der Waals surface area (Å²) < 4.78 is 5.40. The Morgan fingerprint density at radius 2 is 1.97 bits per heavy atom. The summed E-state index contributed by atoms with van der Waals surface area (Å²) in [5.74, 6) is 0.679. The van der Waals surface area contributed by atoms with Gasteiger partial charge in [-0.2, -0.15) is 0 Å². The quantitative estimate of drug-likeness (QED) is 0.348. The Morgan fingerprint density at radius 3 is 2.68 bits per heavy atom. The second-order valence-electron chi connectivity index (χ2n) is 6.93. The van der Waals surface area contributed by atoms with Crippen LogP contribution in [-0.2, 0) is 6.42 Å². The van der Waals surface area contributed by atoms with Gasteiger partial charge in [-0.05, 0) is 42.3 Å². The number of benzene rings is 2. The minimum absolute atomic E-state index is 0.0455. The molecule has 8 nitrogen and oxygen atoms in total. The lowest BCUT2D eigenvalue weighted by Crippen LogP contribution is -2.14. The summed E-state index contributed by atoms with van der Waals surface area (Å²) in [6, 6.07) is 15.2. The third kappa shape index (κ3) is 4.19. The Morgan fingerprint density at radius 1 is 1.19 bits per heavy atom. The van der Waals surface area contributed by atoms with Crippen LogP contribution in [0.2, 0.25) is 0 Å². The van der Waals surface area contributed by atoms with Crippen LogP contribution in [0.4, 0.5) is 11.4 Å². The van der Waals surface area contributed by atoms with E-state index in [0.29, 0.717) is 28.4 Å². The summed E-state index contributed by atoms with van der Waals surface area (Å²) in [5, 5.41) is 12.2. The van der Waals surface area contributed by atoms with E-state index in [-0.39, 0.29) is 18.8 Å². The number of imidazole rings is 1. The number of primary amides is 1. The van der Waals surface area contributed by atoms with Crippen LogP contribution in [0.5, 0.6) is 5.75 Å². The molecule has 0 bridgehead atoms. The zero-order chi connectivity index (χ0) is 21.8. The van der Waals surface area contributed by atoms with Gasteiger partial charge in [0.25, 0.3) is 5.91 Å². The Bertz CT molecular complexity index is 1220. The molecule has 158 valence electrons. The number of aryl methyl sites for hydroxylation is 1. The summed E-state index contributed by atoms with van der Waals surface area (Å²) in [6.07, 6.45) is 2.28. The molecular weight excluding hydrogens is 394 g/mol. The number of para-hydroxylation sites is 1. The van der Waals surface area contributed by atoms with E-state index in [1.54, 1.807) is 12.1 Å². The molecule has 31 heavy (non-hydrogen) atoms. The molecule has 0 aliphatic rings. The molecular formula is C23H23N5O3. The van der Waals surface area contributed by atoms with Crippen LogP contribution < -0.4 is 15.8 Å². The molecule has 0 radical (unpaired) electrons. The van der Waals surface area contributed by atoms with E-state index in [2.05, 4.69) is 27.2 Å². The Kier molecular flexibility index (Phi) is 5.81. The van der Waals surface area contributed by atoms with Gasteiger partial charge in [0.15, 0.2) is 5.65 Å². The molecule has 1 amide bonds. The fourth-order valence-corrected chi connectivity index (χ4v) is 3.37. The molecule has 0 aliphatic carbocycles. The van der Waals surface area contributed by atoms with Gasteiger partial charge in [0, 0.05) is 17.4 Å². The predicted octanol–water partition coefficient (Wildman–Crippen LogP) is 3.40. The molecule has 5 N–H and O–H groups in total. The molecule has 2 heterocycles. The highest BCUT2D eigenvalue weighted by Gasteiger charge is 2.18. The number of aromatic nitrogens is 3. The van der Waals surface area contributed by atoms with E-state index >= 15 is 0 Å². The standard InChI is InChI=1S/C23H23N5O3/c1-2-14-5-3-4-6-18(14)26-19-17(21(24)30)13-25-23-20(19)27-22(28-23)15-7-9-16(10-8-15)31-12-11-29/h3-10,13,29H,2,11-12H2,1H3,(H2,24,30)(H2,25,26,27,28). The maximum atomic E-state index is 12.1. The number of nitrogens with two attached hydrogens (primary N) is 1. The van der Waals surface area contributed by atoms with Crippen molar-refractivity contribution in [3.05, 3.63) is 65.9 Å². The number of hydrogen-bond acceptors (Lipinski definition) is 6. The highest BCUT2D eigenvalue weighted by atomic mass is 16.5. The van der Waals surface area contributed by atoms with Crippen molar-refractivity contribution in [3.8, 4) is 17.1 Å². The molecule has 0 unspecified atom stereocenters. The number of ether oxygens (including phenoxy) is 1. The average molecular weight is 417 g/mol. The van der Waals surface area contributed by atoms with Gasteiger partial charge in [0.1, 0.15) is 23.7 Å². The first-order chi connectivity index (χ1) is 15.1. The Hall–Kier alpha value is -3.91. The second kappa shape index (κ2) is 8.85. The number of amides is 1. The topological polar surface area (TPSA) is 126 Å². The third-order valence-corrected chi connectivity index (χ3v) is 4.93. The van der Waals surface area contributed by atoms with E-state index in [4.69, 9.17) is 15.6 Å². The van der Waals surface area contributed by atoms with Crippen molar-refractivity contribution in [2.45, 2.75) is 13.3 Å². The first kappa shape index (κ1) is 20.4. The molecule has 4 rings (SSSR count). The third-order valence-electron chi connectivity index (χ3n) is 4.93. The second-order valence-corrected chi connectivity index (χ2v) is 6.93. The number of carbonyl (C=O) groups is 1. The van der Waals surface area contributed by atoms with Crippen molar-refractivity contribution in [1.82, 2.24) is 15.0 Å². The molecule has 2 aromatic heterocycles. The zero-order valence-corrected chi connectivity index (χ0v) is 17.1. The van der Waals surface area contributed by atoms with Crippen molar-refractivity contribution >= 4 is 28.4 Å². The van der Waals surface area contributed by atoms with Crippen molar-refractivity contribution < 1.29 is 14.6 Å². The van der Waals surface area contributed by atoms with Gasteiger partial charge >= 0.3 is 0 Å². The Labute approximate surface area is 179 Å². The van der Waals surface area contributed by atoms with Crippen LogP contribution in [0, 0.1) is 0 Å². The van der Waals surface area contributed by atoms with Gasteiger partial charge in [0.2, 0.25) is 0 Å². The highest BCUT2D eigenvalue weighted by Crippen LogP contribution is 2.31. The molecule has 4 aromatic rings. The van der Waals surface area contributed by atoms with Crippen LogP contribution in [0.1, 0.15) is 22.8 Å². The van der Waals surface area contributed by atoms with Gasteiger partial charge in [-0.25, -0.2) is 9.97 Å². The van der Waals surface area contributed by atoms with Crippen LogP contribution in [-0.4, -0.2) is 39.2 Å². The average Bonchev–Trinajstić information content (AvgIpc) is 3.23.